The van der Waals surface area contributed by atoms with Crippen molar-refractivity contribution in [2.75, 3.05) is 11.5 Å². The standard InChI is InChI=1S/C20H15N5O3.Li.H/c21-17-15(19(27)28)9-12(10-23-17)11-6-7-16-14(8-11)18(26)25(20(22)24-16)13-4-2-1-3-5-13;;/h1-10H,(H2,21,23)(H2,22,24)(H,27,28);;/q;+1;-1. The van der Waals surface area contributed by atoms with Crippen molar-refractivity contribution in [3.05, 3.63) is 76.7 Å². The first kappa shape index (κ1) is 20.1. The third-order valence-corrected chi connectivity index (χ3v) is 4.39. The molecule has 4 rings (SSSR count). The second kappa shape index (κ2) is 7.79. The zero-order valence-electron chi connectivity index (χ0n) is 16.5. The molecule has 4 aromatic rings. The number of carboxylic acids is 1. The Kier molecular flexibility index (Phi) is 5.41. The Morgan fingerprint density at radius 3 is 2.45 bits per heavy atom. The molecule has 0 fully saturated rings. The van der Waals surface area contributed by atoms with Gasteiger partial charge in [-0.3, -0.25) is 4.79 Å². The van der Waals surface area contributed by atoms with Crippen molar-refractivity contribution in [1.82, 2.24) is 14.5 Å². The fourth-order valence-electron chi connectivity index (χ4n) is 3.01. The zero-order valence-corrected chi connectivity index (χ0v) is 15.5. The molecule has 0 unspecified atom stereocenters. The largest absolute Gasteiger partial charge is 1.00 e. The number of nitrogen functional groups attached to an aromatic ring is 2. The summed E-state index contributed by atoms with van der Waals surface area (Å²) in [4.78, 5) is 32.6. The molecule has 0 bridgehead atoms. The van der Waals surface area contributed by atoms with E-state index in [0.717, 1.165) is 0 Å². The molecule has 29 heavy (non-hydrogen) atoms. The third-order valence-electron chi connectivity index (χ3n) is 4.39. The Morgan fingerprint density at radius 1 is 1.03 bits per heavy atom. The van der Waals surface area contributed by atoms with E-state index in [9.17, 15) is 14.7 Å². The van der Waals surface area contributed by atoms with Gasteiger partial charge in [0.25, 0.3) is 5.56 Å². The van der Waals surface area contributed by atoms with Crippen LogP contribution in [0, 0.1) is 0 Å². The molecule has 0 aliphatic heterocycles. The number of para-hydroxylation sites is 1. The Bertz CT molecular complexity index is 1300. The van der Waals surface area contributed by atoms with Gasteiger partial charge < -0.3 is 18.0 Å². The zero-order chi connectivity index (χ0) is 19.8. The molecule has 0 aliphatic rings. The second-order valence-corrected chi connectivity index (χ2v) is 6.14. The van der Waals surface area contributed by atoms with Crippen LogP contribution < -0.4 is 35.9 Å². The summed E-state index contributed by atoms with van der Waals surface area (Å²) in [6.07, 6.45) is 1.46. The molecular formula is C20H16LiN5O3. The van der Waals surface area contributed by atoms with E-state index in [-0.39, 0.29) is 43.2 Å². The molecule has 8 nitrogen and oxygen atoms in total. The number of hydrogen-bond acceptors (Lipinski definition) is 6. The molecule has 0 aliphatic carbocycles. The Balaban J connectivity index is 0.00000160. The van der Waals surface area contributed by atoms with Gasteiger partial charge >= 0.3 is 24.8 Å². The van der Waals surface area contributed by atoms with E-state index in [1.165, 1.54) is 16.8 Å². The number of aromatic nitrogens is 3. The number of pyridine rings is 1. The molecule has 2 aromatic heterocycles. The summed E-state index contributed by atoms with van der Waals surface area (Å²) in [6, 6.07) is 15.4. The minimum atomic E-state index is -1.17. The van der Waals surface area contributed by atoms with Crippen LogP contribution in [-0.2, 0) is 0 Å². The average molecular weight is 381 g/mol. The van der Waals surface area contributed by atoms with Gasteiger partial charge in [0.2, 0.25) is 5.95 Å². The quantitative estimate of drug-likeness (QED) is 0.404. The van der Waals surface area contributed by atoms with Crippen LogP contribution in [0.15, 0.2) is 65.6 Å². The number of carbonyl (C=O) groups is 1. The van der Waals surface area contributed by atoms with Crippen LogP contribution in [0.5, 0.6) is 0 Å². The number of nitrogens with zero attached hydrogens (tertiary/aromatic N) is 3. The van der Waals surface area contributed by atoms with Gasteiger partial charge in [-0.1, -0.05) is 24.3 Å². The molecule has 0 atom stereocenters. The third kappa shape index (κ3) is 3.59. The van der Waals surface area contributed by atoms with E-state index in [4.69, 9.17) is 11.5 Å². The minimum Gasteiger partial charge on any atom is -1.00 e. The minimum absolute atomic E-state index is 0. The van der Waals surface area contributed by atoms with Crippen molar-refractivity contribution < 1.29 is 30.2 Å². The van der Waals surface area contributed by atoms with Crippen molar-refractivity contribution in [3.63, 3.8) is 0 Å². The molecule has 0 spiro atoms. The van der Waals surface area contributed by atoms with Gasteiger partial charge in [-0.05, 0) is 35.9 Å². The number of nitrogens with two attached hydrogens (primary N) is 2. The molecule has 9 heteroatoms. The predicted molar refractivity (Wildman–Crippen MR) is 107 cm³/mol. The van der Waals surface area contributed by atoms with Crippen LogP contribution in [0.1, 0.15) is 11.8 Å². The van der Waals surface area contributed by atoms with E-state index >= 15 is 0 Å². The maximum atomic E-state index is 13.1. The van der Waals surface area contributed by atoms with E-state index in [1.807, 2.05) is 6.07 Å². The summed E-state index contributed by atoms with van der Waals surface area (Å²) in [5.74, 6) is -1.16. The molecule has 140 valence electrons. The van der Waals surface area contributed by atoms with Gasteiger partial charge in [-0.25, -0.2) is 19.3 Å². The molecule has 2 aromatic carbocycles. The van der Waals surface area contributed by atoms with Crippen LogP contribution >= 0.6 is 0 Å². The summed E-state index contributed by atoms with van der Waals surface area (Å²) in [5.41, 5.74) is 13.4. The molecule has 0 saturated heterocycles. The Hall–Kier alpha value is -3.60. The van der Waals surface area contributed by atoms with Gasteiger partial charge in [-0.2, -0.15) is 0 Å². The van der Waals surface area contributed by atoms with Crippen molar-refractivity contribution in [2.24, 2.45) is 0 Å². The van der Waals surface area contributed by atoms with Crippen molar-refractivity contribution >= 4 is 28.6 Å². The van der Waals surface area contributed by atoms with Crippen molar-refractivity contribution in [1.29, 1.82) is 0 Å². The first-order valence-electron chi connectivity index (χ1n) is 8.32. The molecule has 0 amide bonds. The molecule has 2 heterocycles. The predicted octanol–water partition coefficient (Wildman–Crippen LogP) is -0.573. The number of fused-ring (bicyclic) bond motifs is 1. The number of hydrogen-bond donors (Lipinski definition) is 3. The normalized spacial score (nSPS) is 10.5. The van der Waals surface area contributed by atoms with Crippen LogP contribution in [0.2, 0.25) is 0 Å². The second-order valence-electron chi connectivity index (χ2n) is 6.14. The number of aromatic carboxylic acids is 1. The van der Waals surface area contributed by atoms with Gasteiger partial charge in [0, 0.05) is 11.8 Å². The van der Waals surface area contributed by atoms with Gasteiger partial charge in [0.15, 0.2) is 0 Å². The smallest absolute Gasteiger partial charge is 1.00 e. The molecular weight excluding hydrogens is 365 g/mol. The number of anilines is 2. The maximum Gasteiger partial charge on any atom is 1.00 e. The van der Waals surface area contributed by atoms with E-state index < -0.39 is 5.97 Å². The molecule has 0 radical (unpaired) electrons. The fraction of sp³-hybridized carbons (Fsp3) is 0. The summed E-state index contributed by atoms with van der Waals surface area (Å²) in [7, 11) is 0. The number of benzene rings is 2. The summed E-state index contributed by atoms with van der Waals surface area (Å²) < 4.78 is 1.33. The van der Waals surface area contributed by atoms with E-state index in [2.05, 4.69) is 9.97 Å². The average Bonchev–Trinajstić information content (AvgIpc) is 2.69. The molecule has 5 N–H and O–H groups in total. The maximum absolute atomic E-state index is 13.1. The number of rotatable bonds is 3. The molecule has 0 saturated carbocycles. The SMILES string of the molecule is Nc1ncc(-c2ccc3nc(N)n(-c4ccccc4)c(=O)c3c2)cc1C(=O)O.[H-].[Li+]. The van der Waals surface area contributed by atoms with Crippen LogP contribution in [0.3, 0.4) is 0 Å². The summed E-state index contributed by atoms with van der Waals surface area (Å²) >= 11 is 0. The topological polar surface area (TPSA) is 137 Å². The van der Waals surface area contributed by atoms with E-state index in [1.54, 1.807) is 42.5 Å². The van der Waals surface area contributed by atoms with Crippen LogP contribution in [0.25, 0.3) is 27.7 Å². The van der Waals surface area contributed by atoms with Crippen LogP contribution in [-0.4, -0.2) is 25.6 Å². The van der Waals surface area contributed by atoms with Gasteiger partial charge in [0.1, 0.15) is 11.4 Å². The van der Waals surface area contributed by atoms with Crippen molar-refractivity contribution in [2.45, 2.75) is 0 Å². The fourth-order valence-corrected chi connectivity index (χ4v) is 3.01. The van der Waals surface area contributed by atoms with Crippen molar-refractivity contribution in [3.8, 4) is 16.8 Å². The van der Waals surface area contributed by atoms with Gasteiger partial charge in [-0.15, -0.1) is 0 Å². The summed E-state index contributed by atoms with van der Waals surface area (Å²) in [6.45, 7) is 0. The summed E-state index contributed by atoms with van der Waals surface area (Å²) in [5, 5.41) is 9.60. The van der Waals surface area contributed by atoms with Gasteiger partial charge in [0.05, 0.1) is 16.6 Å². The first-order chi connectivity index (χ1) is 13.5. The monoisotopic (exact) mass is 381 g/mol. The number of carboxylic acid groups (broad SMARTS) is 1. The first-order valence-corrected chi connectivity index (χ1v) is 8.32. The van der Waals surface area contributed by atoms with E-state index in [0.29, 0.717) is 27.7 Å². The Morgan fingerprint density at radius 2 is 1.76 bits per heavy atom. The Labute approximate surface area is 178 Å². The van der Waals surface area contributed by atoms with Crippen LogP contribution in [0.4, 0.5) is 11.8 Å².